The minimum atomic E-state index is 0.858. The molecule has 0 radical (unpaired) electrons. The number of nitrogens with zero attached hydrogens (tertiary/aromatic N) is 8. The van der Waals surface area contributed by atoms with E-state index in [-0.39, 0.29) is 0 Å². The van der Waals surface area contributed by atoms with Crippen molar-refractivity contribution in [2.24, 2.45) is 14.1 Å². The average molecular weight is 352 g/mol. The second kappa shape index (κ2) is 5.61. The number of nitrogens with one attached hydrogen (secondary N) is 2. The second-order valence-corrected chi connectivity index (χ2v) is 6.52. The Morgan fingerprint density at radius 2 is 1.19 bits per heavy atom. The van der Waals surface area contributed by atoms with Gasteiger partial charge >= 0.3 is 0 Å². The molecule has 10 nitrogen and oxygen atoms in total. The first-order valence-electron chi connectivity index (χ1n) is 8.60. The maximum absolute atomic E-state index is 4.57. The summed E-state index contributed by atoms with van der Waals surface area (Å²) in [5.41, 5.74) is 3.91. The molecule has 132 valence electrons. The third kappa shape index (κ3) is 2.18. The molecule has 1 aliphatic rings. The number of aryl methyl sites for hydroxylation is 2. The van der Waals surface area contributed by atoms with Crippen LogP contribution in [-0.2, 0) is 14.1 Å². The highest BCUT2D eigenvalue weighted by Gasteiger charge is 2.27. The van der Waals surface area contributed by atoms with Gasteiger partial charge in [-0.15, -0.1) is 0 Å². The fraction of sp³-hybridized carbons (Fsp3) is 0.375. The van der Waals surface area contributed by atoms with Crippen LogP contribution in [0.25, 0.3) is 22.1 Å². The van der Waals surface area contributed by atoms with Crippen LogP contribution in [0.15, 0.2) is 24.5 Å². The summed E-state index contributed by atoms with van der Waals surface area (Å²) in [6, 6.07) is 3.95. The lowest BCUT2D eigenvalue weighted by atomic mass is 10.2. The van der Waals surface area contributed by atoms with Gasteiger partial charge in [0.25, 0.3) is 11.0 Å². The van der Waals surface area contributed by atoms with Crippen molar-refractivity contribution in [1.29, 1.82) is 0 Å². The molecule has 5 rings (SSSR count). The highest BCUT2D eigenvalue weighted by molar-refractivity contribution is 5.84. The number of aromatic amines is 2. The molecule has 4 aromatic heterocycles. The van der Waals surface area contributed by atoms with Crippen LogP contribution in [0, 0.1) is 0 Å². The van der Waals surface area contributed by atoms with Crippen molar-refractivity contribution < 1.29 is 9.36 Å². The summed E-state index contributed by atoms with van der Waals surface area (Å²) < 4.78 is 3.80. The molecule has 0 unspecified atom stereocenters. The van der Waals surface area contributed by atoms with Gasteiger partial charge in [0, 0.05) is 60.9 Å². The van der Waals surface area contributed by atoms with E-state index >= 15 is 0 Å². The van der Waals surface area contributed by atoms with Crippen LogP contribution < -0.4 is 19.2 Å². The number of anilines is 2. The normalized spacial score (nSPS) is 15.3. The molecule has 1 saturated heterocycles. The van der Waals surface area contributed by atoms with Gasteiger partial charge in [-0.25, -0.2) is 9.97 Å². The second-order valence-electron chi connectivity index (χ2n) is 6.52. The van der Waals surface area contributed by atoms with E-state index in [0.29, 0.717) is 0 Å². The quantitative estimate of drug-likeness (QED) is 0.459. The van der Waals surface area contributed by atoms with Crippen molar-refractivity contribution in [3.8, 4) is 0 Å². The molecule has 4 aromatic rings. The van der Waals surface area contributed by atoms with E-state index in [1.807, 2.05) is 48.0 Å². The number of rotatable bonds is 2. The van der Waals surface area contributed by atoms with Crippen LogP contribution in [0.2, 0.25) is 0 Å². The zero-order chi connectivity index (χ0) is 17.7. The molecule has 0 aromatic carbocycles. The van der Waals surface area contributed by atoms with Gasteiger partial charge in [-0.3, -0.25) is 0 Å². The predicted molar refractivity (Wildman–Crippen MR) is 94.6 cm³/mol. The lowest BCUT2D eigenvalue weighted by Crippen LogP contribution is -2.47. The molecule has 26 heavy (non-hydrogen) atoms. The van der Waals surface area contributed by atoms with Gasteiger partial charge in [0.05, 0.1) is 0 Å². The van der Waals surface area contributed by atoms with Crippen molar-refractivity contribution in [3.05, 3.63) is 24.5 Å². The summed E-state index contributed by atoms with van der Waals surface area (Å²) in [7, 11) is 3.90. The average Bonchev–Trinajstić information content (AvgIpc) is 3.25. The minimum absolute atomic E-state index is 0.858. The van der Waals surface area contributed by atoms with Crippen molar-refractivity contribution in [2.75, 3.05) is 36.0 Å². The molecule has 0 atom stereocenters. The van der Waals surface area contributed by atoms with Crippen LogP contribution >= 0.6 is 0 Å². The fourth-order valence-electron chi connectivity index (χ4n) is 3.57. The van der Waals surface area contributed by atoms with Crippen LogP contribution in [0.5, 0.6) is 0 Å². The van der Waals surface area contributed by atoms with Crippen molar-refractivity contribution in [2.45, 2.75) is 0 Å². The van der Waals surface area contributed by atoms with Gasteiger partial charge in [0.1, 0.15) is 14.1 Å². The molecule has 5 heterocycles. The molecule has 10 heteroatoms. The van der Waals surface area contributed by atoms with E-state index in [9.17, 15) is 0 Å². The van der Waals surface area contributed by atoms with Gasteiger partial charge in [-0.05, 0) is 0 Å². The van der Waals surface area contributed by atoms with Crippen molar-refractivity contribution in [3.63, 3.8) is 0 Å². The maximum Gasteiger partial charge on any atom is 0.291 e. The molecule has 0 spiro atoms. The monoisotopic (exact) mass is 352 g/mol. The SMILES string of the molecule is C[n+]1[nH]nc2c(N3CCN(c4nccc5c4n[nH][n+]5C)CC3)nccc21. The first kappa shape index (κ1) is 15.0. The van der Waals surface area contributed by atoms with Crippen LogP contribution in [-0.4, -0.2) is 56.8 Å². The fourth-order valence-corrected chi connectivity index (χ4v) is 3.57. The summed E-state index contributed by atoms with van der Waals surface area (Å²) in [5.74, 6) is 1.85. The Hall–Kier alpha value is -3.30. The Morgan fingerprint density at radius 1 is 0.769 bits per heavy atom. The molecular formula is C16H20N10+2. The molecule has 0 aliphatic carbocycles. The maximum atomic E-state index is 4.57. The summed E-state index contributed by atoms with van der Waals surface area (Å²) >= 11 is 0. The van der Waals surface area contributed by atoms with E-state index in [1.165, 1.54) is 0 Å². The topological polar surface area (TPSA) is 97.4 Å². The first-order valence-corrected chi connectivity index (χ1v) is 8.60. The Morgan fingerprint density at radius 3 is 1.62 bits per heavy atom. The number of pyridine rings is 2. The van der Waals surface area contributed by atoms with E-state index in [1.54, 1.807) is 0 Å². The van der Waals surface area contributed by atoms with E-state index in [2.05, 4.69) is 40.4 Å². The molecule has 2 N–H and O–H groups in total. The van der Waals surface area contributed by atoms with Crippen molar-refractivity contribution in [1.82, 2.24) is 30.6 Å². The Bertz CT molecular complexity index is 1000. The van der Waals surface area contributed by atoms with E-state index in [4.69, 9.17) is 0 Å². The van der Waals surface area contributed by atoms with Crippen LogP contribution in [0.3, 0.4) is 0 Å². The highest BCUT2D eigenvalue weighted by atomic mass is 15.4. The number of piperazine rings is 1. The number of H-pyrrole nitrogens is 2. The summed E-state index contributed by atoms with van der Waals surface area (Å²) in [5, 5.41) is 14.8. The number of fused-ring (bicyclic) bond motifs is 2. The molecule has 0 bridgehead atoms. The number of hydrogen-bond acceptors (Lipinski definition) is 6. The lowest BCUT2D eigenvalue weighted by molar-refractivity contribution is -0.707. The highest BCUT2D eigenvalue weighted by Crippen LogP contribution is 2.24. The zero-order valence-corrected chi connectivity index (χ0v) is 14.7. The third-order valence-electron chi connectivity index (χ3n) is 4.99. The Labute approximate surface area is 149 Å². The summed E-state index contributed by atoms with van der Waals surface area (Å²) in [6.45, 7) is 3.43. The lowest BCUT2D eigenvalue weighted by Gasteiger charge is -2.35. The number of hydrogen-bond donors (Lipinski definition) is 2. The molecule has 1 fully saturated rings. The van der Waals surface area contributed by atoms with E-state index < -0.39 is 0 Å². The molecular weight excluding hydrogens is 332 g/mol. The predicted octanol–water partition coefficient (Wildman–Crippen LogP) is -0.795. The zero-order valence-electron chi connectivity index (χ0n) is 14.7. The molecule has 0 amide bonds. The number of aromatic nitrogens is 8. The third-order valence-corrected chi connectivity index (χ3v) is 4.99. The van der Waals surface area contributed by atoms with Crippen LogP contribution in [0.4, 0.5) is 11.6 Å². The molecule has 1 aliphatic heterocycles. The Balaban J connectivity index is 1.42. The van der Waals surface area contributed by atoms with Crippen molar-refractivity contribution >= 4 is 33.7 Å². The van der Waals surface area contributed by atoms with Gasteiger partial charge in [-0.2, -0.15) is 9.36 Å². The summed E-state index contributed by atoms with van der Waals surface area (Å²) in [6.07, 6.45) is 3.68. The minimum Gasteiger partial charge on any atom is -0.349 e. The van der Waals surface area contributed by atoms with Gasteiger partial charge in [-0.1, -0.05) is 10.4 Å². The standard InChI is InChI=1S/C16H18N10/c1-23-11-3-5-17-15(13(11)19-21-23)25-7-9-26(10-8-25)16-14-12(4-6-18-16)24(2)22-20-14/h3-6H,7-10H2,1-2H3/p+2. The van der Waals surface area contributed by atoms with Gasteiger partial charge in [0.15, 0.2) is 11.6 Å². The largest absolute Gasteiger partial charge is 0.349 e. The first-order chi connectivity index (χ1) is 12.7. The van der Waals surface area contributed by atoms with Gasteiger partial charge < -0.3 is 9.80 Å². The Kier molecular flexibility index (Phi) is 3.24. The summed E-state index contributed by atoms with van der Waals surface area (Å²) in [4.78, 5) is 13.7. The molecule has 0 saturated carbocycles. The smallest absolute Gasteiger partial charge is 0.291 e. The van der Waals surface area contributed by atoms with Crippen LogP contribution in [0.1, 0.15) is 0 Å². The van der Waals surface area contributed by atoms with E-state index in [0.717, 1.165) is 59.9 Å². The van der Waals surface area contributed by atoms with Gasteiger partial charge in [0.2, 0.25) is 11.0 Å².